The van der Waals surface area contributed by atoms with Crippen molar-refractivity contribution >= 4 is 11.6 Å². The molecule has 3 nitrogen and oxygen atoms in total. The fourth-order valence-corrected chi connectivity index (χ4v) is 2.23. The van der Waals surface area contributed by atoms with Crippen molar-refractivity contribution in [1.82, 2.24) is 9.97 Å². The molecule has 0 saturated carbocycles. The summed E-state index contributed by atoms with van der Waals surface area (Å²) in [4.78, 5) is 8.86. The number of halogens is 1. The molecule has 2 heterocycles. The van der Waals surface area contributed by atoms with E-state index in [1.54, 1.807) is 0 Å². The van der Waals surface area contributed by atoms with Gasteiger partial charge in [0.15, 0.2) is 0 Å². The van der Waals surface area contributed by atoms with Gasteiger partial charge >= 0.3 is 0 Å². The van der Waals surface area contributed by atoms with Crippen LogP contribution in [0, 0.1) is 6.92 Å². The molecule has 1 aromatic rings. The van der Waals surface area contributed by atoms with E-state index in [2.05, 4.69) is 16.9 Å². The van der Waals surface area contributed by atoms with Crippen molar-refractivity contribution in [3.63, 3.8) is 0 Å². The van der Waals surface area contributed by atoms with E-state index in [4.69, 9.17) is 16.3 Å². The second-order valence-electron chi connectivity index (χ2n) is 4.20. The molecule has 1 aliphatic heterocycles. The molecule has 0 radical (unpaired) electrons. The summed E-state index contributed by atoms with van der Waals surface area (Å²) in [7, 11) is 0. The standard InChI is InChI=1S/C12H17ClN2O/c1-3-10-8(2)12(13)15-11(14-10)7-9-5-4-6-16-9/h9H,3-7H2,1-2H3. The summed E-state index contributed by atoms with van der Waals surface area (Å²) < 4.78 is 5.58. The lowest BCUT2D eigenvalue weighted by atomic mass is 10.1. The largest absolute Gasteiger partial charge is 0.378 e. The summed E-state index contributed by atoms with van der Waals surface area (Å²) in [6.07, 6.45) is 4.21. The van der Waals surface area contributed by atoms with E-state index in [1.807, 2.05) is 6.92 Å². The van der Waals surface area contributed by atoms with Gasteiger partial charge < -0.3 is 4.74 Å². The van der Waals surface area contributed by atoms with Gasteiger partial charge in [-0.2, -0.15) is 0 Å². The Kier molecular flexibility index (Phi) is 3.77. The molecule has 1 atom stereocenters. The normalized spacial score (nSPS) is 20.3. The van der Waals surface area contributed by atoms with Gasteiger partial charge in [0.1, 0.15) is 11.0 Å². The molecule has 0 aliphatic carbocycles. The fraction of sp³-hybridized carbons (Fsp3) is 0.667. The van der Waals surface area contributed by atoms with Crippen LogP contribution in [0.5, 0.6) is 0 Å². The zero-order valence-corrected chi connectivity index (χ0v) is 10.5. The van der Waals surface area contributed by atoms with Gasteiger partial charge in [-0.3, -0.25) is 0 Å². The molecule has 1 fully saturated rings. The Morgan fingerprint density at radius 2 is 2.25 bits per heavy atom. The number of hydrogen-bond donors (Lipinski definition) is 0. The van der Waals surface area contributed by atoms with Gasteiger partial charge in [0.2, 0.25) is 0 Å². The third-order valence-electron chi connectivity index (χ3n) is 3.00. The van der Waals surface area contributed by atoms with Crippen molar-refractivity contribution in [2.45, 2.75) is 45.6 Å². The lowest BCUT2D eigenvalue weighted by Gasteiger charge is -2.11. The Labute approximate surface area is 101 Å². The molecule has 1 aromatic heterocycles. The monoisotopic (exact) mass is 240 g/mol. The molecule has 88 valence electrons. The van der Waals surface area contributed by atoms with Crippen LogP contribution < -0.4 is 0 Å². The highest BCUT2D eigenvalue weighted by Crippen LogP contribution is 2.19. The van der Waals surface area contributed by atoms with Crippen molar-refractivity contribution in [3.05, 3.63) is 22.2 Å². The molecule has 16 heavy (non-hydrogen) atoms. The number of aryl methyl sites for hydroxylation is 1. The first-order chi connectivity index (χ1) is 7.70. The highest BCUT2D eigenvalue weighted by Gasteiger charge is 2.18. The van der Waals surface area contributed by atoms with Crippen LogP contribution >= 0.6 is 11.6 Å². The first-order valence-corrected chi connectivity index (χ1v) is 6.22. The predicted molar refractivity (Wildman–Crippen MR) is 63.8 cm³/mol. The van der Waals surface area contributed by atoms with Gasteiger partial charge in [0, 0.05) is 24.3 Å². The molecule has 0 amide bonds. The Morgan fingerprint density at radius 3 is 2.88 bits per heavy atom. The maximum atomic E-state index is 6.09. The minimum Gasteiger partial charge on any atom is -0.378 e. The van der Waals surface area contributed by atoms with Crippen molar-refractivity contribution < 1.29 is 4.74 Å². The van der Waals surface area contributed by atoms with Crippen LogP contribution in [0.15, 0.2) is 0 Å². The van der Waals surface area contributed by atoms with Crippen molar-refractivity contribution in [2.24, 2.45) is 0 Å². The third-order valence-corrected chi connectivity index (χ3v) is 3.37. The average molecular weight is 241 g/mol. The fourth-order valence-electron chi connectivity index (χ4n) is 2.03. The van der Waals surface area contributed by atoms with Gasteiger partial charge in [-0.05, 0) is 26.2 Å². The molecule has 0 aromatic carbocycles. The second-order valence-corrected chi connectivity index (χ2v) is 4.55. The van der Waals surface area contributed by atoms with Gasteiger partial charge in [-0.1, -0.05) is 18.5 Å². The minimum absolute atomic E-state index is 0.281. The zero-order valence-electron chi connectivity index (χ0n) is 9.79. The number of nitrogens with zero attached hydrogens (tertiary/aromatic N) is 2. The Bertz CT molecular complexity index is 376. The molecule has 0 bridgehead atoms. The lowest BCUT2D eigenvalue weighted by Crippen LogP contribution is -2.13. The Morgan fingerprint density at radius 1 is 1.44 bits per heavy atom. The maximum Gasteiger partial charge on any atom is 0.135 e. The molecule has 2 rings (SSSR count). The van der Waals surface area contributed by atoms with E-state index < -0.39 is 0 Å². The van der Waals surface area contributed by atoms with Gasteiger partial charge in [0.25, 0.3) is 0 Å². The number of rotatable bonds is 3. The summed E-state index contributed by atoms with van der Waals surface area (Å²) in [5.41, 5.74) is 2.05. The quantitative estimate of drug-likeness (QED) is 0.762. The second kappa shape index (κ2) is 5.11. The van der Waals surface area contributed by atoms with E-state index in [1.165, 1.54) is 0 Å². The zero-order chi connectivity index (χ0) is 11.5. The van der Waals surface area contributed by atoms with Gasteiger partial charge in [0.05, 0.1) is 6.10 Å². The van der Waals surface area contributed by atoms with Crippen LogP contribution in [-0.4, -0.2) is 22.7 Å². The van der Waals surface area contributed by atoms with Crippen LogP contribution in [0.1, 0.15) is 36.8 Å². The lowest BCUT2D eigenvalue weighted by molar-refractivity contribution is 0.110. The van der Waals surface area contributed by atoms with Crippen LogP contribution in [0.4, 0.5) is 0 Å². The smallest absolute Gasteiger partial charge is 0.135 e. The van der Waals surface area contributed by atoms with Crippen LogP contribution in [0.2, 0.25) is 5.15 Å². The molecule has 1 unspecified atom stereocenters. The molecular weight excluding hydrogens is 224 g/mol. The van der Waals surface area contributed by atoms with Crippen LogP contribution in [0.3, 0.4) is 0 Å². The van der Waals surface area contributed by atoms with Gasteiger partial charge in [-0.15, -0.1) is 0 Å². The summed E-state index contributed by atoms with van der Waals surface area (Å²) >= 11 is 6.09. The summed E-state index contributed by atoms with van der Waals surface area (Å²) in [6.45, 7) is 4.92. The molecule has 1 aliphatic rings. The van der Waals surface area contributed by atoms with E-state index in [0.29, 0.717) is 5.15 Å². The first kappa shape index (κ1) is 11.8. The SMILES string of the molecule is CCc1nc(CC2CCCO2)nc(Cl)c1C. The average Bonchev–Trinajstić information content (AvgIpc) is 2.76. The molecule has 0 spiro atoms. The van der Waals surface area contributed by atoms with Crippen LogP contribution in [0.25, 0.3) is 0 Å². The first-order valence-electron chi connectivity index (χ1n) is 5.84. The summed E-state index contributed by atoms with van der Waals surface area (Å²) in [6, 6.07) is 0. The topological polar surface area (TPSA) is 35.0 Å². The highest BCUT2D eigenvalue weighted by atomic mass is 35.5. The minimum atomic E-state index is 0.281. The Balaban J connectivity index is 2.17. The van der Waals surface area contributed by atoms with Crippen molar-refractivity contribution in [2.75, 3.05) is 6.61 Å². The summed E-state index contributed by atoms with van der Waals surface area (Å²) in [5, 5.41) is 0.583. The predicted octanol–water partition coefficient (Wildman–Crippen LogP) is 2.72. The van der Waals surface area contributed by atoms with Crippen LogP contribution in [-0.2, 0) is 17.6 Å². The molecule has 1 saturated heterocycles. The maximum absolute atomic E-state index is 6.09. The molecule has 4 heteroatoms. The van der Waals surface area contributed by atoms with Gasteiger partial charge in [-0.25, -0.2) is 9.97 Å². The Hall–Kier alpha value is -0.670. The van der Waals surface area contributed by atoms with E-state index >= 15 is 0 Å². The number of aromatic nitrogens is 2. The number of hydrogen-bond acceptors (Lipinski definition) is 3. The molecule has 0 N–H and O–H groups in total. The van der Waals surface area contributed by atoms with E-state index in [9.17, 15) is 0 Å². The van der Waals surface area contributed by atoms with Crippen molar-refractivity contribution in [3.8, 4) is 0 Å². The molecular formula is C12H17ClN2O. The summed E-state index contributed by atoms with van der Waals surface area (Å²) in [5.74, 6) is 0.819. The van der Waals surface area contributed by atoms with E-state index in [0.717, 1.165) is 49.4 Å². The van der Waals surface area contributed by atoms with Crippen molar-refractivity contribution in [1.29, 1.82) is 0 Å². The number of ether oxygens (including phenoxy) is 1. The van der Waals surface area contributed by atoms with E-state index in [-0.39, 0.29) is 6.10 Å². The highest BCUT2D eigenvalue weighted by molar-refractivity contribution is 6.30. The third kappa shape index (κ3) is 2.53.